The molecule has 2 amide bonds. The fourth-order valence-corrected chi connectivity index (χ4v) is 4.03. The minimum atomic E-state index is -0.728. The number of hydrogen-bond acceptors (Lipinski definition) is 3. The fourth-order valence-electron chi connectivity index (χ4n) is 4.03. The number of piperidine rings is 1. The third kappa shape index (κ3) is 2.86. The lowest BCUT2D eigenvalue weighted by atomic mass is 9.92. The van der Waals surface area contributed by atoms with E-state index in [4.69, 9.17) is 5.11 Å². The van der Waals surface area contributed by atoms with Gasteiger partial charge in [0.25, 0.3) is 0 Å². The molecule has 0 aromatic carbocycles. The average molecular weight is 295 g/mol. The Morgan fingerprint density at radius 1 is 1.10 bits per heavy atom. The molecule has 3 aliphatic heterocycles. The van der Waals surface area contributed by atoms with Crippen LogP contribution in [0.5, 0.6) is 0 Å². The smallest absolute Gasteiger partial charge is 0.320 e. The zero-order valence-electron chi connectivity index (χ0n) is 12.7. The first-order chi connectivity index (χ1) is 10.1. The van der Waals surface area contributed by atoms with Crippen molar-refractivity contribution in [3.05, 3.63) is 0 Å². The predicted molar refractivity (Wildman–Crippen MR) is 78.1 cm³/mol. The van der Waals surface area contributed by atoms with E-state index in [-0.39, 0.29) is 18.0 Å². The molecular weight excluding hydrogens is 270 g/mol. The zero-order valence-corrected chi connectivity index (χ0v) is 12.7. The minimum Gasteiger partial charge on any atom is -0.481 e. The summed E-state index contributed by atoms with van der Waals surface area (Å²) in [5, 5.41) is 9.11. The Labute approximate surface area is 125 Å². The third-order valence-electron chi connectivity index (χ3n) is 5.33. The van der Waals surface area contributed by atoms with Gasteiger partial charge in [-0.1, -0.05) is 0 Å². The van der Waals surface area contributed by atoms with Gasteiger partial charge in [-0.25, -0.2) is 4.79 Å². The van der Waals surface area contributed by atoms with E-state index in [0.29, 0.717) is 25.4 Å². The second-order valence-corrected chi connectivity index (χ2v) is 6.66. The molecule has 3 unspecified atom stereocenters. The summed E-state index contributed by atoms with van der Waals surface area (Å²) in [6.07, 6.45) is 3.59. The molecule has 0 aromatic rings. The maximum absolute atomic E-state index is 12.7. The Hall–Kier alpha value is -1.30. The number of aliphatic carboxylic acids is 1. The predicted octanol–water partition coefficient (Wildman–Crippen LogP) is 1.07. The molecule has 0 bridgehead atoms. The summed E-state index contributed by atoms with van der Waals surface area (Å²) in [7, 11) is 0. The van der Waals surface area contributed by atoms with Gasteiger partial charge in [0.2, 0.25) is 0 Å². The molecule has 0 spiro atoms. The Morgan fingerprint density at radius 2 is 1.90 bits per heavy atom. The van der Waals surface area contributed by atoms with Crippen LogP contribution in [0.1, 0.15) is 32.6 Å². The number of likely N-dealkylation sites (tertiary alicyclic amines) is 1. The molecule has 3 saturated heterocycles. The van der Waals surface area contributed by atoms with E-state index in [0.717, 1.165) is 19.6 Å². The quantitative estimate of drug-likeness (QED) is 0.786. The van der Waals surface area contributed by atoms with Crippen LogP contribution in [0.4, 0.5) is 4.79 Å². The molecule has 118 valence electrons. The number of carboxylic acids is 1. The maximum atomic E-state index is 12.7. The normalized spacial score (nSPS) is 33.9. The van der Waals surface area contributed by atoms with Crippen LogP contribution in [-0.4, -0.2) is 76.6 Å². The van der Waals surface area contributed by atoms with Crippen LogP contribution in [0, 0.1) is 5.92 Å². The lowest BCUT2D eigenvalue weighted by molar-refractivity contribution is -0.143. The summed E-state index contributed by atoms with van der Waals surface area (Å²) in [5.41, 5.74) is 0. The van der Waals surface area contributed by atoms with E-state index in [1.165, 1.54) is 19.4 Å². The SMILES string of the molecule is CC1CC(C(=O)O)CCN1C(=O)N1CCN2CCCC2C1. The van der Waals surface area contributed by atoms with Gasteiger partial charge in [-0.15, -0.1) is 0 Å². The molecule has 1 N–H and O–H groups in total. The summed E-state index contributed by atoms with van der Waals surface area (Å²) in [5.74, 6) is -1.02. The Morgan fingerprint density at radius 3 is 2.62 bits per heavy atom. The largest absolute Gasteiger partial charge is 0.481 e. The molecule has 0 saturated carbocycles. The van der Waals surface area contributed by atoms with Crippen molar-refractivity contribution in [3.63, 3.8) is 0 Å². The molecule has 3 atom stereocenters. The number of carbonyl (C=O) groups is 2. The van der Waals surface area contributed by atoms with Gasteiger partial charge in [-0.2, -0.15) is 0 Å². The summed E-state index contributed by atoms with van der Waals surface area (Å²) in [4.78, 5) is 30.1. The number of urea groups is 1. The molecule has 6 heteroatoms. The molecule has 3 aliphatic rings. The fraction of sp³-hybridized carbons (Fsp3) is 0.867. The first kappa shape index (κ1) is 14.6. The summed E-state index contributed by atoms with van der Waals surface area (Å²) in [6.45, 7) is 6.34. The number of carboxylic acid groups (broad SMARTS) is 1. The van der Waals surface area contributed by atoms with Crippen molar-refractivity contribution in [1.29, 1.82) is 0 Å². The van der Waals surface area contributed by atoms with Crippen molar-refractivity contribution in [2.45, 2.75) is 44.7 Å². The first-order valence-electron chi connectivity index (χ1n) is 8.08. The molecule has 3 fully saturated rings. The van der Waals surface area contributed by atoms with Crippen molar-refractivity contribution < 1.29 is 14.7 Å². The maximum Gasteiger partial charge on any atom is 0.320 e. The molecule has 6 nitrogen and oxygen atoms in total. The number of carbonyl (C=O) groups excluding carboxylic acids is 1. The van der Waals surface area contributed by atoms with E-state index in [1.807, 2.05) is 16.7 Å². The van der Waals surface area contributed by atoms with Crippen LogP contribution in [0.25, 0.3) is 0 Å². The van der Waals surface area contributed by atoms with Gasteiger partial charge in [-0.05, 0) is 39.2 Å². The lowest BCUT2D eigenvalue weighted by Gasteiger charge is -2.43. The first-order valence-corrected chi connectivity index (χ1v) is 8.08. The van der Waals surface area contributed by atoms with Crippen molar-refractivity contribution in [1.82, 2.24) is 14.7 Å². The van der Waals surface area contributed by atoms with Gasteiger partial charge in [-0.3, -0.25) is 9.69 Å². The minimum absolute atomic E-state index is 0.0222. The number of amides is 2. The Balaban J connectivity index is 1.59. The number of nitrogens with zero attached hydrogens (tertiary/aromatic N) is 3. The summed E-state index contributed by atoms with van der Waals surface area (Å²) < 4.78 is 0. The topological polar surface area (TPSA) is 64.1 Å². The number of piperazine rings is 1. The lowest BCUT2D eigenvalue weighted by Crippen LogP contribution is -2.58. The number of hydrogen-bond donors (Lipinski definition) is 1. The van der Waals surface area contributed by atoms with Crippen molar-refractivity contribution in [3.8, 4) is 0 Å². The summed E-state index contributed by atoms with van der Waals surface area (Å²) >= 11 is 0. The molecule has 3 heterocycles. The van der Waals surface area contributed by atoms with Crippen LogP contribution >= 0.6 is 0 Å². The van der Waals surface area contributed by atoms with Crippen molar-refractivity contribution in [2.24, 2.45) is 5.92 Å². The van der Waals surface area contributed by atoms with Gasteiger partial charge >= 0.3 is 12.0 Å². The van der Waals surface area contributed by atoms with Gasteiger partial charge in [0, 0.05) is 38.3 Å². The highest BCUT2D eigenvalue weighted by atomic mass is 16.4. The summed E-state index contributed by atoms with van der Waals surface area (Å²) in [6, 6.07) is 0.668. The highest BCUT2D eigenvalue weighted by Crippen LogP contribution is 2.26. The van der Waals surface area contributed by atoms with E-state index in [2.05, 4.69) is 4.90 Å². The molecule has 3 rings (SSSR count). The van der Waals surface area contributed by atoms with E-state index >= 15 is 0 Å². The Kier molecular flexibility index (Phi) is 4.06. The Bertz CT molecular complexity index is 428. The standard InChI is InChI=1S/C15H25N3O3/c1-11-9-12(14(19)20)4-6-18(11)15(21)17-8-7-16-5-2-3-13(16)10-17/h11-13H,2-10H2,1H3,(H,19,20). The number of fused-ring (bicyclic) bond motifs is 1. The monoisotopic (exact) mass is 295 g/mol. The van der Waals surface area contributed by atoms with Crippen molar-refractivity contribution >= 4 is 12.0 Å². The van der Waals surface area contributed by atoms with Gasteiger partial charge in [0.1, 0.15) is 0 Å². The molecule has 0 aromatic heterocycles. The highest BCUT2D eigenvalue weighted by Gasteiger charge is 2.37. The van der Waals surface area contributed by atoms with E-state index in [1.54, 1.807) is 0 Å². The second-order valence-electron chi connectivity index (χ2n) is 6.66. The molecule has 0 aliphatic carbocycles. The average Bonchev–Trinajstić information content (AvgIpc) is 2.93. The third-order valence-corrected chi connectivity index (χ3v) is 5.33. The van der Waals surface area contributed by atoms with Crippen LogP contribution in [0.15, 0.2) is 0 Å². The molecule has 21 heavy (non-hydrogen) atoms. The van der Waals surface area contributed by atoms with E-state index in [9.17, 15) is 9.59 Å². The van der Waals surface area contributed by atoms with Crippen LogP contribution in [-0.2, 0) is 4.79 Å². The second kappa shape index (κ2) is 5.83. The molecule has 0 radical (unpaired) electrons. The van der Waals surface area contributed by atoms with Crippen LogP contribution in [0.2, 0.25) is 0 Å². The van der Waals surface area contributed by atoms with Gasteiger partial charge in [0.05, 0.1) is 5.92 Å². The van der Waals surface area contributed by atoms with Crippen LogP contribution < -0.4 is 0 Å². The number of rotatable bonds is 1. The van der Waals surface area contributed by atoms with E-state index < -0.39 is 5.97 Å². The zero-order chi connectivity index (χ0) is 15.0. The van der Waals surface area contributed by atoms with Gasteiger partial charge < -0.3 is 14.9 Å². The molecular formula is C15H25N3O3. The van der Waals surface area contributed by atoms with Gasteiger partial charge in [0.15, 0.2) is 0 Å². The van der Waals surface area contributed by atoms with Crippen LogP contribution in [0.3, 0.4) is 0 Å². The highest BCUT2D eigenvalue weighted by molar-refractivity contribution is 5.76. The van der Waals surface area contributed by atoms with Crippen molar-refractivity contribution in [2.75, 3.05) is 32.7 Å².